The van der Waals surface area contributed by atoms with E-state index in [4.69, 9.17) is 0 Å². The van der Waals surface area contributed by atoms with E-state index in [1.807, 2.05) is 0 Å². The van der Waals surface area contributed by atoms with Crippen LogP contribution in [0, 0.1) is 20.2 Å². The Labute approximate surface area is 133 Å². The van der Waals surface area contributed by atoms with Crippen LogP contribution in [0.15, 0.2) is 42.5 Å². The Bertz CT molecular complexity index is 863. The minimum Gasteiger partial charge on any atom is -0.545 e. The summed E-state index contributed by atoms with van der Waals surface area (Å²) in [6, 6.07) is 7.84. The molecule has 10 heteroatoms. The average molecular weight is 330 g/mol. The number of para-hydroxylation sites is 1. The van der Waals surface area contributed by atoms with E-state index in [-0.39, 0.29) is 11.3 Å². The highest BCUT2D eigenvalue weighted by Gasteiger charge is 2.24. The van der Waals surface area contributed by atoms with Gasteiger partial charge in [-0.05, 0) is 12.1 Å². The smallest absolute Gasteiger partial charge is 0.289 e. The molecule has 2 aromatic carbocycles. The number of nitro groups is 2. The third kappa shape index (κ3) is 3.32. The highest BCUT2D eigenvalue weighted by Crippen LogP contribution is 2.26. The lowest BCUT2D eigenvalue weighted by molar-refractivity contribution is -0.394. The van der Waals surface area contributed by atoms with Crippen molar-refractivity contribution in [3.8, 4) is 0 Å². The van der Waals surface area contributed by atoms with Gasteiger partial charge in [0.1, 0.15) is 5.56 Å². The monoisotopic (exact) mass is 330 g/mol. The van der Waals surface area contributed by atoms with Crippen LogP contribution in [0.2, 0.25) is 0 Å². The van der Waals surface area contributed by atoms with Gasteiger partial charge in [0.25, 0.3) is 17.3 Å². The fraction of sp³-hybridized carbons (Fsp3) is 0. The minimum absolute atomic E-state index is 0.116. The fourth-order valence-corrected chi connectivity index (χ4v) is 1.94. The van der Waals surface area contributed by atoms with Gasteiger partial charge in [-0.25, -0.2) is 0 Å². The molecule has 0 bridgehead atoms. The van der Waals surface area contributed by atoms with E-state index in [0.717, 1.165) is 12.1 Å². The zero-order valence-electron chi connectivity index (χ0n) is 11.8. The van der Waals surface area contributed by atoms with E-state index < -0.39 is 38.7 Å². The van der Waals surface area contributed by atoms with Gasteiger partial charge in [0, 0.05) is 11.6 Å². The number of non-ortho nitro benzene ring substituents is 1. The minimum atomic E-state index is -1.54. The van der Waals surface area contributed by atoms with Crippen LogP contribution in [0.3, 0.4) is 0 Å². The molecule has 122 valence electrons. The lowest BCUT2D eigenvalue weighted by Gasteiger charge is -2.11. The number of amides is 1. The molecule has 24 heavy (non-hydrogen) atoms. The molecule has 0 aliphatic rings. The molecule has 0 fully saturated rings. The van der Waals surface area contributed by atoms with Crippen molar-refractivity contribution in [1.29, 1.82) is 0 Å². The van der Waals surface area contributed by atoms with Crippen LogP contribution in [0.25, 0.3) is 0 Å². The van der Waals surface area contributed by atoms with Gasteiger partial charge < -0.3 is 15.2 Å². The Kier molecular flexibility index (Phi) is 4.50. The van der Waals surface area contributed by atoms with Crippen LogP contribution in [0.4, 0.5) is 17.1 Å². The molecule has 0 heterocycles. The number of nitrogens with one attached hydrogen (secondary N) is 1. The Morgan fingerprint density at radius 3 is 2.17 bits per heavy atom. The first-order chi connectivity index (χ1) is 11.3. The Balaban J connectivity index is 2.42. The van der Waals surface area contributed by atoms with Gasteiger partial charge in [-0.1, -0.05) is 18.2 Å². The number of benzene rings is 2. The number of anilines is 1. The van der Waals surface area contributed by atoms with Crippen molar-refractivity contribution in [1.82, 2.24) is 0 Å². The number of nitrogens with zero attached hydrogens (tertiary/aromatic N) is 2. The first-order valence-electron chi connectivity index (χ1n) is 6.36. The van der Waals surface area contributed by atoms with E-state index in [2.05, 4.69) is 5.32 Å². The first kappa shape index (κ1) is 16.5. The van der Waals surface area contributed by atoms with Gasteiger partial charge in [0.2, 0.25) is 0 Å². The Hall–Kier alpha value is -3.82. The molecular weight excluding hydrogens is 322 g/mol. The molecule has 10 nitrogen and oxygen atoms in total. The van der Waals surface area contributed by atoms with Crippen LogP contribution in [-0.4, -0.2) is 21.7 Å². The van der Waals surface area contributed by atoms with Crippen molar-refractivity contribution < 1.29 is 24.5 Å². The van der Waals surface area contributed by atoms with Gasteiger partial charge in [-0.3, -0.25) is 25.0 Å². The molecule has 1 N–H and O–H groups in total. The third-order valence-corrected chi connectivity index (χ3v) is 3.03. The topological polar surface area (TPSA) is 156 Å². The van der Waals surface area contributed by atoms with E-state index in [1.54, 1.807) is 0 Å². The van der Waals surface area contributed by atoms with Crippen LogP contribution < -0.4 is 10.4 Å². The molecule has 1 amide bonds. The number of carboxylic acid groups (broad SMARTS) is 1. The first-order valence-corrected chi connectivity index (χ1v) is 6.36. The summed E-state index contributed by atoms with van der Waals surface area (Å²) in [6.45, 7) is 0. The number of nitro benzene ring substituents is 2. The van der Waals surface area contributed by atoms with Crippen molar-refractivity contribution in [2.75, 3.05) is 5.32 Å². The SMILES string of the molecule is O=C([O-])c1ccccc1NC(=O)c1ccc([N+](=O)[O-])cc1[N+](=O)[O-]. The standard InChI is InChI=1S/C14H9N3O7/c18-13(15-11-4-2-1-3-9(11)14(19)20)10-6-5-8(16(21)22)7-12(10)17(23)24/h1-7H,(H,15,18)(H,19,20)/p-1. The molecule has 0 saturated carbocycles. The number of carbonyl (C=O) groups excluding carboxylic acids is 2. The average Bonchev–Trinajstić information content (AvgIpc) is 2.54. The van der Waals surface area contributed by atoms with Crippen LogP contribution in [-0.2, 0) is 0 Å². The van der Waals surface area contributed by atoms with Crippen molar-refractivity contribution >= 4 is 28.9 Å². The summed E-state index contributed by atoms with van der Waals surface area (Å²) in [7, 11) is 0. The van der Waals surface area contributed by atoms with Crippen LogP contribution in [0.5, 0.6) is 0 Å². The normalized spacial score (nSPS) is 10.0. The van der Waals surface area contributed by atoms with Crippen LogP contribution in [0.1, 0.15) is 20.7 Å². The molecule has 0 aliphatic heterocycles. The Morgan fingerprint density at radius 2 is 1.58 bits per heavy atom. The molecule has 0 unspecified atom stereocenters. The van der Waals surface area contributed by atoms with Gasteiger partial charge in [-0.15, -0.1) is 0 Å². The summed E-state index contributed by atoms with van der Waals surface area (Å²) in [5, 5.41) is 34.9. The van der Waals surface area contributed by atoms with Crippen molar-refractivity contribution in [2.45, 2.75) is 0 Å². The number of aromatic carboxylic acids is 1. The molecule has 0 aromatic heterocycles. The summed E-state index contributed by atoms with van der Waals surface area (Å²) >= 11 is 0. The van der Waals surface area contributed by atoms with Crippen molar-refractivity contribution in [3.05, 3.63) is 73.8 Å². The zero-order chi connectivity index (χ0) is 17.9. The lowest BCUT2D eigenvalue weighted by Crippen LogP contribution is -2.25. The molecule has 0 spiro atoms. The second kappa shape index (κ2) is 6.52. The third-order valence-electron chi connectivity index (χ3n) is 3.03. The summed E-state index contributed by atoms with van der Waals surface area (Å²) in [4.78, 5) is 43.1. The maximum atomic E-state index is 12.2. The molecule has 0 saturated heterocycles. The molecule has 2 aromatic rings. The molecular formula is C14H8N3O7-. The number of carboxylic acids is 1. The number of hydrogen-bond acceptors (Lipinski definition) is 7. The second-order valence-electron chi connectivity index (χ2n) is 4.50. The molecule has 0 aliphatic carbocycles. The maximum Gasteiger partial charge on any atom is 0.289 e. The molecule has 0 radical (unpaired) electrons. The number of carbonyl (C=O) groups is 2. The predicted molar refractivity (Wildman–Crippen MR) is 78.5 cm³/mol. The largest absolute Gasteiger partial charge is 0.545 e. The summed E-state index contributed by atoms with van der Waals surface area (Å²) < 4.78 is 0. The van der Waals surface area contributed by atoms with Gasteiger partial charge in [0.15, 0.2) is 0 Å². The Morgan fingerprint density at radius 1 is 0.917 bits per heavy atom. The van der Waals surface area contributed by atoms with E-state index in [0.29, 0.717) is 6.07 Å². The van der Waals surface area contributed by atoms with Gasteiger partial charge in [-0.2, -0.15) is 0 Å². The van der Waals surface area contributed by atoms with E-state index in [9.17, 15) is 34.9 Å². The highest BCUT2D eigenvalue weighted by atomic mass is 16.6. The molecule has 2 rings (SSSR count). The highest BCUT2D eigenvalue weighted by molar-refractivity contribution is 6.09. The van der Waals surface area contributed by atoms with Crippen molar-refractivity contribution in [2.24, 2.45) is 0 Å². The van der Waals surface area contributed by atoms with Crippen LogP contribution >= 0.6 is 0 Å². The number of hydrogen-bond donors (Lipinski definition) is 1. The maximum absolute atomic E-state index is 12.2. The summed E-state index contributed by atoms with van der Waals surface area (Å²) in [5.74, 6) is -2.52. The van der Waals surface area contributed by atoms with Gasteiger partial charge in [0.05, 0.1) is 27.6 Å². The lowest BCUT2D eigenvalue weighted by atomic mass is 10.1. The molecule has 0 atom stereocenters. The second-order valence-corrected chi connectivity index (χ2v) is 4.50. The fourth-order valence-electron chi connectivity index (χ4n) is 1.94. The summed E-state index contributed by atoms with van der Waals surface area (Å²) in [6.07, 6.45) is 0. The predicted octanol–water partition coefficient (Wildman–Crippen LogP) is 1.12. The van der Waals surface area contributed by atoms with E-state index >= 15 is 0 Å². The van der Waals surface area contributed by atoms with Crippen molar-refractivity contribution in [3.63, 3.8) is 0 Å². The number of rotatable bonds is 5. The quantitative estimate of drug-likeness (QED) is 0.635. The van der Waals surface area contributed by atoms with Gasteiger partial charge >= 0.3 is 0 Å². The summed E-state index contributed by atoms with van der Waals surface area (Å²) in [5.41, 5.74) is -2.19. The van der Waals surface area contributed by atoms with E-state index in [1.165, 1.54) is 24.3 Å². The zero-order valence-corrected chi connectivity index (χ0v) is 11.8.